The molecule has 1 saturated heterocycles. The maximum Gasteiger partial charge on any atom is 0.255 e. The van der Waals surface area contributed by atoms with Crippen LogP contribution in [0.2, 0.25) is 0 Å². The number of carbonyl (C=O) groups is 1. The average molecular weight is 510 g/mol. The Morgan fingerprint density at radius 2 is 1.64 bits per heavy atom. The van der Waals surface area contributed by atoms with Crippen LogP contribution in [-0.2, 0) is 16.6 Å². The second-order valence-corrected chi connectivity index (χ2v) is 11.0. The lowest BCUT2D eigenvalue weighted by Crippen LogP contribution is -2.48. The van der Waals surface area contributed by atoms with E-state index in [2.05, 4.69) is 5.32 Å². The molecule has 1 N–H and O–H groups in total. The van der Waals surface area contributed by atoms with E-state index < -0.39 is 10.0 Å². The van der Waals surface area contributed by atoms with Gasteiger partial charge in [0.25, 0.3) is 11.5 Å². The number of pyridine rings is 1. The molecule has 188 valence electrons. The number of carbonyl (C=O) groups excluding carboxylic acids is 1. The normalized spacial score (nSPS) is 19.3. The number of hydrogen-bond donors (Lipinski definition) is 1. The standard InChI is InChI=1S/C26H27N3O6S/c1-34-21-11-18(12-22(13-21)35-2)26(31)27-20-6-8-23(9-7-20)36(32,33)28-14-17-10-19(16-28)24-4-3-5-25(30)29(24)15-17/h3-9,11-13,17,19H,10,14-16H2,1-2H3,(H,27,31). The Balaban J connectivity index is 1.32. The summed E-state index contributed by atoms with van der Waals surface area (Å²) in [6, 6.07) is 16.2. The maximum atomic E-state index is 13.4. The van der Waals surface area contributed by atoms with E-state index in [9.17, 15) is 18.0 Å². The molecule has 2 aliphatic rings. The highest BCUT2D eigenvalue weighted by Crippen LogP contribution is 2.37. The van der Waals surface area contributed by atoms with Crippen molar-refractivity contribution in [2.45, 2.75) is 23.8 Å². The minimum Gasteiger partial charge on any atom is -0.497 e. The van der Waals surface area contributed by atoms with Crippen LogP contribution in [0.1, 0.15) is 28.4 Å². The zero-order valence-corrected chi connectivity index (χ0v) is 20.8. The Hall–Kier alpha value is -3.63. The van der Waals surface area contributed by atoms with Crippen molar-refractivity contribution in [2.75, 3.05) is 32.6 Å². The summed E-state index contributed by atoms with van der Waals surface area (Å²) in [7, 11) is -0.724. The number of fused-ring (bicyclic) bond motifs is 4. The molecule has 2 atom stereocenters. The highest BCUT2D eigenvalue weighted by Gasteiger charge is 2.39. The van der Waals surface area contributed by atoms with Crippen molar-refractivity contribution in [1.29, 1.82) is 0 Å². The molecule has 2 aliphatic heterocycles. The van der Waals surface area contributed by atoms with E-state index in [4.69, 9.17) is 9.47 Å². The zero-order chi connectivity index (χ0) is 25.4. The second-order valence-electron chi connectivity index (χ2n) is 9.10. The van der Waals surface area contributed by atoms with Gasteiger partial charge in [-0.15, -0.1) is 0 Å². The van der Waals surface area contributed by atoms with Crippen molar-refractivity contribution in [1.82, 2.24) is 8.87 Å². The van der Waals surface area contributed by atoms with E-state index in [1.807, 2.05) is 6.07 Å². The number of hydrogen-bond acceptors (Lipinski definition) is 6. The summed E-state index contributed by atoms with van der Waals surface area (Å²) in [5.74, 6) is 0.671. The highest BCUT2D eigenvalue weighted by atomic mass is 32.2. The summed E-state index contributed by atoms with van der Waals surface area (Å²) >= 11 is 0. The van der Waals surface area contributed by atoms with Gasteiger partial charge in [-0.2, -0.15) is 4.31 Å². The monoisotopic (exact) mass is 509 g/mol. The van der Waals surface area contributed by atoms with Gasteiger partial charge in [-0.05, 0) is 54.8 Å². The molecule has 36 heavy (non-hydrogen) atoms. The quantitative estimate of drug-likeness (QED) is 0.548. The van der Waals surface area contributed by atoms with Crippen molar-refractivity contribution >= 4 is 21.6 Å². The molecule has 3 heterocycles. The summed E-state index contributed by atoms with van der Waals surface area (Å²) < 4.78 is 40.6. The van der Waals surface area contributed by atoms with Crippen molar-refractivity contribution < 1.29 is 22.7 Å². The number of nitrogens with one attached hydrogen (secondary N) is 1. The van der Waals surface area contributed by atoms with Crippen molar-refractivity contribution in [2.24, 2.45) is 5.92 Å². The van der Waals surface area contributed by atoms with E-state index in [1.165, 1.54) is 30.7 Å². The lowest BCUT2D eigenvalue weighted by atomic mass is 9.84. The third-order valence-corrected chi connectivity index (χ3v) is 8.66. The van der Waals surface area contributed by atoms with Crippen LogP contribution < -0.4 is 20.3 Å². The summed E-state index contributed by atoms with van der Waals surface area (Å²) in [5.41, 5.74) is 1.67. The number of ether oxygens (including phenoxy) is 2. The number of amides is 1. The predicted octanol–water partition coefficient (Wildman–Crippen LogP) is 2.93. The molecule has 5 rings (SSSR count). The number of rotatable bonds is 6. The minimum absolute atomic E-state index is 0.0143. The van der Waals surface area contributed by atoms with Gasteiger partial charge in [0.15, 0.2) is 0 Å². The molecule has 1 aromatic heterocycles. The summed E-state index contributed by atoms with van der Waals surface area (Å²) in [5, 5.41) is 2.78. The molecule has 0 aliphatic carbocycles. The first-order valence-electron chi connectivity index (χ1n) is 11.6. The molecule has 10 heteroatoms. The molecular weight excluding hydrogens is 482 g/mol. The SMILES string of the molecule is COc1cc(OC)cc(C(=O)Nc2ccc(S(=O)(=O)N3CC4CC(C3)c3cccc(=O)n3C4)cc2)c1. The third kappa shape index (κ3) is 4.49. The molecule has 9 nitrogen and oxygen atoms in total. The van der Waals surface area contributed by atoms with Crippen LogP contribution in [-0.4, -0.2) is 50.5 Å². The van der Waals surface area contributed by atoms with Crippen LogP contribution in [0.3, 0.4) is 0 Å². The van der Waals surface area contributed by atoms with E-state index >= 15 is 0 Å². The summed E-state index contributed by atoms with van der Waals surface area (Å²) in [4.78, 5) is 25.2. The Labute approximate surface area is 209 Å². The molecule has 0 spiro atoms. The molecule has 1 fully saturated rings. The number of sulfonamides is 1. The lowest BCUT2D eigenvalue weighted by molar-refractivity contribution is 0.102. The Morgan fingerprint density at radius 3 is 2.31 bits per heavy atom. The smallest absolute Gasteiger partial charge is 0.255 e. The number of anilines is 1. The first kappa shape index (κ1) is 24.1. The molecule has 0 radical (unpaired) electrons. The van der Waals surface area contributed by atoms with Crippen LogP contribution in [0.4, 0.5) is 5.69 Å². The number of methoxy groups -OCH3 is 2. The summed E-state index contributed by atoms with van der Waals surface area (Å²) in [6.45, 7) is 1.23. The summed E-state index contributed by atoms with van der Waals surface area (Å²) in [6.07, 6.45) is 0.871. The van der Waals surface area contributed by atoms with Gasteiger partial charge in [-0.3, -0.25) is 9.59 Å². The van der Waals surface area contributed by atoms with Crippen LogP contribution in [0.5, 0.6) is 11.5 Å². The molecule has 2 unspecified atom stereocenters. The maximum absolute atomic E-state index is 13.4. The topological polar surface area (TPSA) is 107 Å². The van der Waals surface area contributed by atoms with Gasteiger partial charge in [0.05, 0.1) is 19.1 Å². The highest BCUT2D eigenvalue weighted by molar-refractivity contribution is 7.89. The lowest BCUT2D eigenvalue weighted by Gasteiger charge is -2.42. The van der Waals surface area contributed by atoms with Gasteiger partial charge in [0.2, 0.25) is 10.0 Å². The first-order valence-corrected chi connectivity index (χ1v) is 13.1. The van der Waals surface area contributed by atoms with Gasteiger partial charge >= 0.3 is 0 Å². The molecule has 0 saturated carbocycles. The van der Waals surface area contributed by atoms with Crippen LogP contribution in [0, 0.1) is 5.92 Å². The fraction of sp³-hybridized carbons (Fsp3) is 0.308. The van der Waals surface area contributed by atoms with Gasteiger partial charge in [-0.1, -0.05) is 6.07 Å². The van der Waals surface area contributed by atoms with Crippen molar-refractivity contribution in [3.05, 3.63) is 82.3 Å². The number of aromatic nitrogens is 1. The fourth-order valence-electron chi connectivity index (χ4n) is 5.05. The molecule has 2 bridgehead atoms. The van der Waals surface area contributed by atoms with E-state index in [0.29, 0.717) is 42.4 Å². The number of piperidine rings is 1. The number of benzene rings is 2. The molecule has 2 aromatic carbocycles. The largest absolute Gasteiger partial charge is 0.497 e. The molecule has 1 amide bonds. The van der Waals surface area contributed by atoms with Crippen LogP contribution in [0.15, 0.2) is 70.4 Å². The van der Waals surface area contributed by atoms with Gasteiger partial charge in [0.1, 0.15) is 11.5 Å². The Bertz CT molecular complexity index is 1440. The number of nitrogens with zero attached hydrogens (tertiary/aromatic N) is 2. The Morgan fingerprint density at radius 1 is 0.944 bits per heavy atom. The average Bonchev–Trinajstić information content (AvgIpc) is 2.89. The van der Waals surface area contributed by atoms with Gasteiger partial charge in [0, 0.05) is 54.6 Å². The minimum atomic E-state index is -3.73. The van der Waals surface area contributed by atoms with Crippen molar-refractivity contribution in [3.8, 4) is 11.5 Å². The van der Waals surface area contributed by atoms with Crippen LogP contribution >= 0.6 is 0 Å². The molecular formula is C26H27N3O6S. The predicted molar refractivity (Wildman–Crippen MR) is 134 cm³/mol. The van der Waals surface area contributed by atoms with Gasteiger partial charge in [-0.25, -0.2) is 8.42 Å². The zero-order valence-electron chi connectivity index (χ0n) is 20.0. The first-order chi connectivity index (χ1) is 17.3. The molecule has 3 aromatic rings. The van der Waals surface area contributed by atoms with Gasteiger partial charge < -0.3 is 19.4 Å². The van der Waals surface area contributed by atoms with E-state index in [-0.39, 0.29) is 28.2 Å². The Kier molecular flexibility index (Phi) is 6.31. The van der Waals surface area contributed by atoms with E-state index in [0.717, 1.165) is 12.1 Å². The van der Waals surface area contributed by atoms with E-state index in [1.54, 1.807) is 47.0 Å². The second kappa shape index (κ2) is 9.44. The van der Waals surface area contributed by atoms with Crippen molar-refractivity contribution in [3.63, 3.8) is 0 Å². The van der Waals surface area contributed by atoms with Crippen LogP contribution in [0.25, 0.3) is 0 Å². The third-order valence-electron chi connectivity index (χ3n) is 6.81. The fourth-order valence-corrected chi connectivity index (χ4v) is 6.61.